The van der Waals surface area contributed by atoms with Crippen molar-refractivity contribution in [2.45, 2.75) is 37.5 Å². The van der Waals surface area contributed by atoms with E-state index in [2.05, 4.69) is 50.9 Å². The summed E-state index contributed by atoms with van der Waals surface area (Å²) in [5.41, 5.74) is 3.97. The molecule has 22 heteroatoms. The van der Waals surface area contributed by atoms with E-state index in [0.717, 1.165) is 11.4 Å². The first-order valence-corrected chi connectivity index (χ1v) is 22.1. The fraction of sp³-hybridized carbons (Fsp3) is 0.308. The second kappa shape index (κ2) is 20.9. The van der Waals surface area contributed by atoms with Crippen molar-refractivity contribution in [2.24, 2.45) is 20.5 Å². The molecule has 0 aliphatic rings. The van der Waals surface area contributed by atoms with Gasteiger partial charge in [0.05, 0.1) is 45.8 Å². The molecule has 0 saturated heterocycles. The average molecular weight is 877 g/mol. The summed E-state index contributed by atoms with van der Waals surface area (Å²) in [4.78, 5) is 19.3. The monoisotopic (exact) mass is 876 g/mol. The molecule has 0 atom stereocenters. The molecule has 0 amide bonds. The van der Waals surface area contributed by atoms with Crippen LogP contribution in [0, 0.1) is 0 Å². The minimum atomic E-state index is -4.40. The van der Waals surface area contributed by atoms with Gasteiger partial charge in [0.15, 0.2) is 0 Å². The van der Waals surface area contributed by atoms with Crippen molar-refractivity contribution in [1.82, 2.24) is 15.0 Å². The number of rotatable bonds is 21. The van der Waals surface area contributed by atoms with Crippen molar-refractivity contribution in [2.75, 3.05) is 77.8 Å². The zero-order chi connectivity index (χ0) is 44.2. The number of anilines is 7. The fourth-order valence-corrected chi connectivity index (χ4v) is 6.96. The van der Waals surface area contributed by atoms with E-state index in [0.29, 0.717) is 60.3 Å². The number of azo groups is 2. The molecule has 324 valence electrons. The highest BCUT2D eigenvalue weighted by Gasteiger charge is 2.18. The normalized spacial score (nSPS) is 11.9. The van der Waals surface area contributed by atoms with Crippen molar-refractivity contribution < 1.29 is 36.2 Å². The lowest BCUT2D eigenvalue weighted by Crippen LogP contribution is -2.31. The van der Waals surface area contributed by atoms with E-state index in [1.165, 1.54) is 48.5 Å². The Kier molecular flexibility index (Phi) is 15.7. The van der Waals surface area contributed by atoms with Crippen LogP contribution in [-0.2, 0) is 20.2 Å². The van der Waals surface area contributed by atoms with Crippen molar-refractivity contribution >= 4 is 83.6 Å². The first-order valence-electron chi connectivity index (χ1n) is 19.2. The van der Waals surface area contributed by atoms with E-state index in [9.17, 15) is 36.2 Å². The minimum Gasteiger partial charge on any atom is -0.395 e. The molecule has 0 spiro atoms. The lowest BCUT2D eigenvalue weighted by Gasteiger charge is -2.24. The molecule has 0 aliphatic carbocycles. The van der Waals surface area contributed by atoms with Gasteiger partial charge in [-0.05, 0) is 113 Å². The zero-order valence-electron chi connectivity index (χ0n) is 34.0. The van der Waals surface area contributed by atoms with Crippen LogP contribution in [0.25, 0.3) is 0 Å². The van der Waals surface area contributed by atoms with Crippen LogP contribution in [0.4, 0.5) is 63.3 Å². The molecule has 5 rings (SSSR count). The summed E-state index contributed by atoms with van der Waals surface area (Å²) >= 11 is 0. The number of hydrogen-bond acceptors (Lipinski definition) is 18. The number of benzene rings is 4. The van der Waals surface area contributed by atoms with Gasteiger partial charge in [0.1, 0.15) is 11.4 Å². The van der Waals surface area contributed by atoms with Gasteiger partial charge in [-0.2, -0.15) is 42.0 Å². The molecule has 6 N–H and O–H groups in total. The molecule has 5 aromatic rings. The Balaban J connectivity index is 1.60. The largest absolute Gasteiger partial charge is 0.395 e. The molecule has 0 unspecified atom stereocenters. The zero-order valence-corrected chi connectivity index (χ0v) is 35.6. The number of nitrogens with one attached hydrogen (secondary N) is 2. The highest BCUT2D eigenvalue weighted by molar-refractivity contribution is 7.86. The number of aliphatic hydroxyl groups excluding tert-OH is 2. The summed E-state index contributed by atoms with van der Waals surface area (Å²) in [7, 11) is -8.79. The first-order chi connectivity index (χ1) is 29.2. The first kappa shape index (κ1) is 45.9. The second-order valence-electron chi connectivity index (χ2n) is 13.1. The van der Waals surface area contributed by atoms with Gasteiger partial charge in [-0.3, -0.25) is 9.11 Å². The topological polar surface area (TPSA) is 271 Å². The van der Waals surface area contributed by atoms with Gasteiger partial charge in [-0.1, -0.05) is 0 Å². The van der Waals surface area contributed by atoms with Gasteiger partial charge in [-0.25, -0.2) is 0 Å². The Hall–Kier alpha value is -6.17. The third-order valence-corrected chi connectivity index (χ3v) is 10.9. The summed E-state index contributed by atoms with van der Waals surface area (Å²) in [6, 6.07) is 21.4. The van der Waals surface area contributed by atoms with Crippen LogP contribution in [0.2, 0.25) is 0 Å². The van der Waals surface area contributed by atoms with Crippen LogP contribution in [0.3, 0.4) is 0 Å². The van der Waals surface area contributed by atoms with Crippen LogP contribution < -0.4 is 25.3 Å². The second-order valence-corrected chi connectivity index (χ2v) is 15.9. The Bertz CT molecular complexity index is 2370. The number of aliphatic hydroxyl groups is 2. The molecule has 0 fully saturated rings. The Morgan fingerprint density at radius 2 is 0.902 bits per heavy atom. The molecule has 0 radical (unpaired) electrons. The SMILES string of the molecule is CCN(CC)c1ccc(/N=N/c2ccc(S(=O)(=O)O)cc2)c(Nc2nc(Nc3cc(N(CC)CC)ccc3/N=N/c3ccc(S(=O)(=O)O)cc3)nc(N(CCO)CCO)n2)c1. The standard InChI is InChI=1S/C39H48N12O8S2/c1-5-49(6-2)29-13-19-33(47-45-27-9-15-31(16-10-27)60(54,55)56)35(25-29)40-37-42-38(44-39(43-37)51(21-23-52)22-24-53)41-36-26-30(50(7-3)8-4)14-20-34(36)48-46-28-11-17-32(18-12-28)61(57,58)59/h9-20,25-26,52-53H,5-8,21-24H2,1-4H3,(H,54,55,56)(H,57,58,59)(H2,40,41,42,43,44)/b47-45+,48-46+. The van der Waals surface area contributed by atoms with Gasteiger partial charge in [-0.15, -0.1) is 10.2 Å². The lowest BCUT2D eigenvalue weighted by molar-refractivity contribution is 0.280. The maximum Gasteiger partial charge on any atom is 0.294 e. The predicted molar refractivity (Wildman–Crippen MR) is 234 cm³/mol. The van der Waals surface area contributed by atoms with Crippen LogP contribution >= 0.6 is 0 Å². The van der Waals surface area contributed by atoms with Gasteiger partial charge in [0.25, 0.3) is 20.2 Å². The Labute approximate surface area is 354 Å². The van der Waals surface area contributed by atoms with Crippen molar-refractivity contribution in [1.29, 1.82) is 0 Å². The molecular weight excluding hydrogens is 829 g/mol. The summed E-state index contributed by atoms with van der Waals surface area (Å²) in [6.45, 7) is 10.6. The number of hydrogen-bond donors (Lipinski definition) is 6. The Morgan fingerprint density at radius 3 is 1.23 bits per heavy atom. The lowest BCUT2D eigenvalue weighted by atomic mass is 10.2. The van der Waals surface area contributed by atoms with E-state index in [-0.39, 0.29) is 53.9 Å². The maximum absolute atomic E-state index is 11.6. The van der Waals surface area contributed by atoms with Crippen LogP contribution in [0.15, 0.2) is 115 Å². The smallest absolute Gasteiger partial charge is 0.294 e. The molecule has 0 bridgehead atoms. The molecule has 1 aromatic heterocycles. The van der Waals surface area contributed by atoms with Crippen molar-refractivity contribution in [3.8, 4) is 0 Å². The quantitative estimate of drug-likeness (QED) is 0.0315. The molecule has 20 nitrogen and oxygen atoms in total. The van der Waals surface area contributed by atoms with Crippen LogP contribution in [0.1, 0.15) is 27.7 Å². The van der Waals surface area contributed by atoms with Crippen molar-refractivity contribution in [3.05, 3.63) is 84.9 Å². The number of nitrogens with zero attached hydrogens (tertiary/aromatic N) is 10. The number of aromatic nitrogens is 3. The molecule has 1 heterocycles. The average Bonchev–Trinajstić information content (AvgIpc) is 3.23. The molecule has 0 aliphatic heterocycles. The van der Waals surface area contributed by atoms with E-state index >= 15 is 0 Å². The van der Waals surface area contributed by atoms with E-state index in [4.69, 9.17) is 4.98 Å². The summed E-state index contributed by atoms with van der Waals surface area (Å²) in [5.74, 6) is 0.231. The molecule has 61 heavy (non-hydrogen) atoms. The van der Waals surface area contributed by atoms with Gasteiger partial charge >= 0.3 is 0 Å². The molecule has 0 saturated carbocycles. The summed E-state index contributed by atoms with van der Waals surface area (Å²) < 4.78 is 65.0. The maximum atomic E-state index is 11.6. The predicted octanol–water partition coefficient (Wildman–Crippen LogP) is 7.17. The Morgan fingerprint density at radius 1 is 0.525 bits per heavy atom. The van der Waals surface area contributed by atoms with E-state index < -0.39 is 20.2 Å². The highest BCUT2D eigenvalue weighted by Crippen LogP contribution is 2.36. The third kappa shape index (κ3) is 12.4. The van der Waals surface area contributed by atoms with Gasteiger partial charge < -0.3 is 35.5 Å². The summed E-state index contributed by atoms with van der Waals surface area (Å²) in [5, 5.41) is 43.8. The third-order valence-electron chi connectivity index (χ3n) is 9.17. The fourth-order valence-electron chi connectivity index (χ4n) is 6.00. The van der Waals surface area contributed by atoms with Gasteiger partial charge in [0, 0.05) is 50.6 Å². The molecule has 4 aromatic carbocycles. The minimum absolute atomic E-state index is 0.0565. The van der Waals surface area contributed by atoms with Crippen molar-refractivity contribution in [3.63, 3.8) is 0 Å². The van der Waals surface area contributed by atoms with E-state index in [1.807, 2.05) is 52.0 Å². The highest BCUT2D eigenvalue weighted by atomic mass is 32.2. The van der Waals surface area contributed by atoms with E-state index in [1.54, 1.807) is 17.0 Å². The van der Waals surface area contributed by atoms with Gasteiger partial charge in [0.2, 0.25) is 17.8 Å². The van der Waals surface area contributed by atoms with Crippen LogP contribution in [-0.4, -0.2) is 104 Å². The van der Waals surface area contributed by atoms with Crippen LogP contribution in [0.5, 0.6) is 0 Å². The summed E-state index contributed by atoms with van der Waals surface area (Å²) in [6.07, 6.45) is 0. The molecular formula is C39H48N12O8S2.